The van der Waals surface area contributed by atoms with Gasteiger partial charge in [0.05, 0.1) is 48.8 Å². The lowest BCUT2D eigenvalue weighted by atomic mass is 9.89. The number of nitrogens with two attached hydrogens (primary N) is 2. The molecule has 6 heterocycles. The predicted octanol–water partition coefficient (Wildman–Crippen LogP) is 1.96. The molecule has 4 aliphatic heterocycles. The Kier molecular flexibility index (Phi) is 11.5. The molecule has 0 bridgehead atoms. The highest BCUT2D eigenvalue weighted by Crippen LogP contribution is 2.38. The number of benzene rings is 2. The molecule has 60 heavy (non-hydrogen) atoms. The first-order chi connectivity index (χ1) is 28.3. The number of aromatic nitrogens is 4. The molecule has 8 N–H and O–H groups in total. The summed E-state index contributed by atoms with van der Waals surface area (Å²) in [6.07, 6.45) is 4.22. The number of nitrogens with zero attached hydrogens (tertiary/aromatic N) is 6. The van der Waals surface area contributed by atoms with Crippen molar-refractivity contribution in [2.75, 3.05) is 71.4 Å². The summed E-state index contributed by atoms with van der Waals surface area (Å²) in [4.78, 5) is 49.7. The van der Waals surface area contributed by atoms with E-state index in [1.807, 2.05) is 12.1 Å². The van der Waals surface area contributed by atoms with Crippen LogP contribution in [0.5, 0.6) is 0 Å². The van der Waals surface area contributed by atoms with Crippen LogP contribution in [0.3, 0.4) is 0 Å². The van der Waals surface area contributed by atoms with Crippen molar-refractivity contribution in [2.24, 2.45) is 0 Å². The summed E-state index contributed by atoms with van der Waals surface area (Å²) in [7, 11) is -6.75. The molecule has 0 aliphatic carbocycles. The molecule has 2 aromatic carbocycles. The average Bonchev–Trinajstić information content (AvgIpc) is 3.71. The normalized spacial score (nSPS) is 18.8. The van der Waals surface area contributed by atoms with Gasteiger partial charge < -0.3 is 32.7 Å². The van der Waals surface area contributed by atoms with Crippen molar-refractivity contribution in [2.45, 2.75) is 64.5 Å². The molecule has 20 nitrogen and oxygen atoms in total. The van der Waals surface area contributed by atoms with Crippen molar-refractivity contribution < 1.29 is 36.0 Å². The summed E-state index contributed by atoms with van der Waals surface area (Å²) in [5, 5.41) is 20.6. The average molecular weight is 865 g/mol. The predicted molar refractivity (Wildman–Crippen MR) is 226 cm³/mol. The molecule has 2 aromatic heterocycles. The van der Waals surface area contributed by atoms with Crippen LogP contribution in [0.2, 0.25) is 0 Å². The van der Waals surface area contributed by atoms with Gasteiger partial charge in [-0.15, -0.1) is 5.10 Å². The van der Waals surface area contributed by atoms with E-state index in [1.54, 1.807) is 24.3 Å². The van der Waals surface area contributed by atoms with Gasteiger partial charge in [0.25, 0.3) is 11.8 Å². The molecule has 2 amide bonds. The minimum absolute atomic E-state index is 0.0634. The van der Waals surface area contributed by atoms with E-state index in [0.717, 1.165) is 46.1 Å². The van der Waals surface area contributed by atoms with Crippen molar-refractivity contribution in [3.8, 4) is 0 Å². The van der Waals surface area contributed by atoms with Crippen molar-refractivity contribution in [3.05, 3.63) is 70.0 Å². The summed E-state index contributed by atoms with van der Waals surface area (Å²) in [5.74, 6) is -1.38. The van der Waals surface area contributed by atoms with Crippen molar-refractivity contribution in [3.63, 3.8) is 0 Å². The number of anilines is 6. The van der Waals surface area contributed by atoms with E-state index < -0.39 is 31.9 Å². The number of fused-ring (bicyclic) bond motifs is 4. The van der Waals surface area contributed by atoms with Crippen LogP contribution in [0.25, 0.3) is 0 Å². The van der Waals surface area contributed by atoms with Crippen LogP contribution in [-0.2, 0) is 55.6 Å². The van der Waals surface area contributed by atoms with Gasteiger partial charge in [0.2, 0.25) is 31.9 Å². The standard InChI is InChI=1S/2C19H24N6O4S/c1-11(26)22-12-3-4-16-15(9-12)13(5-7-21-16)19(27)25-17-10-24(30(2,28)29)8-6-14(17)18(20)23-25;1-11(26)22-12-3-4-16-15(9-12)13(5-7-21-16)19(27)25-18(20)14-6-8-24(30(2,28)29)10-17(14)23-25/h3-4,9,13,21H,5-8,10H2,1-2H3,(H2,20,23)(H,22,26);3-4,9,13,21H,5-8,10,20H2,1-2H3,(H,22,26). The van der Waals surface area contributed by atoms with E-state index in [4.69, 9.17) is 11.5 Å². The molecule has 4 aliphatic rings. The van der Waals surface area contributed by atoms with Crippen LogP contribution >= 0.6 is 0 Å². The lowest BCUT2D eigenvalue weighted by Crippen LogP contribution is -2.37. The molecule has 2 unspecified atom stereocenters. The molecular formula is C38H48N12O8S2. The van der Waals surface area contributed by atoms with Crippen LogP contribution in [0, 0.1) is 0 Å². The Labute approximate surface area is 347 Å². The number of carbonyl (C=O) groups excluding carboxylic acids is 4. The van der Waals surface area contributed by atoms with Crippen LogP contribution in [0.4, 0.5) is 34.4 Å². The molecule has 0 spiro atoms. The van der Waals surface area contributed by atoms with Crippen LogP contribution in [-0.4, -0.2) is 107 Å². The summed E-state index contributed by atoms with van der Waals surface area (Å²) < 4.78 is 52.9. The minimum atomic E-state index is -3.40. The SMILES string of the molecule is CC(=O)Nc1ccc2c(c1)C(C(=O)n1nc(N)c3c1CN(S(C)(=O)=O)CC3)CCN2.CC(=O)Nc1ccc2c(c1)C(C(=O)n1nc3c(c1N)CCN(S(C)(=O)=O)C3)CCN2. The minimum Gasteiger partial charge on any atom is -0.385 e. The Morgan fingerprint density at radius 2 is 1.18 bits per heavy atom. The van der Waals surface area contributed by atoms with Gasteiger partial charge in [-0.05, 0) is 73.2 Å². The number of rotatable bonds is 6. The zero-order valence-corrected chi connectivity index (χ0v) is 35.2. The Bertz CT molecular complexity index is 2640. The number of hydrogen-bond acceptors (Lipinski definition) is 14. The van der Waals surface area contributed by atoms with Gasteiger partial charge in [-0.1, -0.05) is 0 Å². The van der Waals surface area contributed by atoms with Gasteiger partial charge >= 0.3 is 0 Å². The summed E-state index contributed by atoms with van der Waals surface area (Å²) in [6.45, 7) is 4.87. The lowest BCUT2D eigenvalue weighted by Gasteiger charge is -2.28. The first-order valence-electron chi connectivity index (χ1n) is 19.3. The third-order valence-corrected chi connectivity index (χ3v) is 13.5. The number of carbonyl (C=O) groups is 4. The Morgan fingerprint density at radius 3 is 1.68 bits per heavy atom. The monoisotopic (exact) mass is 864 g/mol. The molecule has 0 radical (unpaired) electrons. The zero-order chi connectivity index (χ0) is 43.3. The van der Waals surface area contributed by atoms with Gasteiger partial charge in [0.1, 0.15) is 11.6 Å². The van der Waals surface area contributed by atoms with Gasteiger partial charge in [-0.2, -0.15) is 18.4 Å². The highest BCUT2D eigenvalue weighted by Gasteiger charge is 2.36. The molecular weight excluding hydrogens is 817 g/mol. The quantitative estimate of drug-likeness (QED) is 0.162. The van der Waals surface area contributed by atoms with Crippen LogP contribution in [0.15, 0.2) is 36.4 Å². The van der Waals surface area contributed by atoms with Gasteiger partial charge in [-0.25, -0.2) is 21.5 Å². The third-order valence-electron chi connectivity index (χ3n) is 11.0. The van der Waals surface area contributed by atoms with E-state index >= 15 is 0 Å². The summed E-state index contributed by atoms with van der Waals surface area (Å²) in [6, 6.07) is 10.8. The number of nitrogens with one attached hydrogen (secondary N) is 4. The maximum atomic E-state index is 13.5. The number of sulfonamides is 2. The molecule has 0 fully saturated rings. The lowest BCUT2D eigenvalue weighted by molar-refractivity contribution is -0.115. The fourth-order valence-electron chi connectivity index (χ4n) is 8.14. The Balaban J connectivity index is 0.000000181. The van der Waals surface area contributed by atoms with Crippen molar-refractivity contribution in [1.82, 2.24) is 28.2 Å². The van der Waals surface area contributed by atoms with E-state index in [1.165, 1.54) is 31.8 Å². The topological polar surface area (TPSA) is 279 Å². The fraction of sp³-hybridized carbons (Fsp3) is 0.421. The number of amides is 2. The molecule has 320 valence electrons. The number of nitrogen functional groups attached to an aromatic ring is 2. The van der Waals surface area contributed by atoms with E-state index in [9.17, 15) is 36.0 Å². The zero-order valence-electron chi connectivity index (χ0n) is 33.6. The first-order valence-corrected chi connectivity index (χ1v) is 23.0. The second kappa shape index (κ2) is 16.3. The Morgan fingerprint density at radius 1 is 0.700 bits per heavy atom. The van der Waals surface area contributed by atoms with E-state index in [-0.39, 0.29) is 48.4 Å². The highest BCUT2D eigenvalue weighted by atomic mass is 32.2. The number of hydrogen-bond donors (Lipinski definition) is 6. The summed E-state index contributed by atoms with van der Waals surface area (Å²) >= 11 is 0. The highest BCUT2D eigenvalue weighted by molar-refractivity contribution is 7.88. The smallest absolute Gasteiger partial charge is 0.256 e. The molecule has 4 aromatic rings. The van der Waals surface area contributed by atoms with Crippen molar-refractivity contribution >= 4 is 78.1 Å². The summed E-state index contributed by atoms with van der Waals surface area (Å²) in [5.41, 5.74) is 19.2. The first kappa shape index (κ1) is 42.3. The Hall–Kier alpha value is -5.84. The third kappa shape index (κ3) is 8.58. The second-order valence-electron chi connectivity index (χ2n) is 15.3. The maximum Gasteiger partial charge on any atom is 0.256 e. The van der Waals surface area contributed by atoms with E-state index in [0.29, 0.717) is 74.6 Å². The largest absolute Gasteiger partial charge is 0.385 e. The molecule has 8 rings (SSSR count). The molecule has 22 heteroatoms. The van der Waals surface area contributed by atoms with Crippen LogP contribution < -0.4 is 32.7 Å². The molecule has 2 atom stereocenters. The fourth-order valence-corrected chi connectivity index (χ4v) is 9.70. The van der Waals surface area contributed by atoms with Crippen LogP contribution in [0.1, 0.15) is 81.8 Å². The maximum absolute atomic E-state index is 13.5. The van der Waals surface area contributed by atoms with Crippen molar-refractivity contribution in [1.29, 1.82) is 0 Å². The molecule has 0 saturated heterocycles. The van der Waals surface area contributed by atoms with E-state index in [2.05, 4.69) is 31.5 Å². The van der Waals surface area contributed by atoms with Gasteiger partial charge in [0.15, 0.2) is 0 Å². The second-order valence-corrected chi connectivity index (χ2v) is 19.3. The molecule has 0 saturated carbocycles. The van der Waals surface area contributed by atoms with Gasteiger partial charge in [-0.3, -0.25) is 19.2 Å². The van der Waals surface area contributed by atoms with Gasteiger partial charge in [0, 0.05) is 73.9 Å².